The second-order valence-electron chi connectivity index (χ2n) is 8.54. The van der Waals surface area contributed by atoms with E-state index in [0.717, 1.165) is 10.1 Å². The monoisotopic (exact) mass is 521 g/mol. The third kappa shape index (κ3) is 5.87. The number of aromatic carboxylic acids is 1. The first-order valence-corrected chi connectivity index (χ1v) is 11.7. The zero-order valence-electron chi connectivity index (χ0n) is 20.3. The van der Waals surface area contributed by atoms with Gasteiger partial charge in [-0.2, -0.15) is 0 Å². The van der Waals surface area contributed by atoms with E-state index < -0.39 is 17.3 Å². The van der Waals surface area contributed by atoms with E-state index in [-0.39, 0.29) is 29.8 Å². The van der Waals surface area contributed by atoms with Crippen LogP contribution in [-0.2, 0) is 6.54 Å². The maximum atomic E-state index is 13.3. The predicted octanol–water partition coefficient (Wildman–Crippen LogP) is 4.05. The Labute approximate surface area is 216 Å². The molecular weight excluding hydrogens is 498 g/mol. The number of carboxylic acids is 1. The molecule has 0 radical (unpaired) electrons. The zero-order valence-corrected chi connectivity index (χ0v) is 21.1. The van der Waals surface area contributed by atoms with Crippen LogP contribution in [0.5, 0.6) is 11.6 Å². The first kappa shape index (κ1) is 25.6. The molecule has 0 fully saturated rings. The minimum Gasteiger partial charge on any atom is -0.477 e. The van der Waals surface area contributed by atoms with Gasteiger partial charge in [-0.15, -0.1) is 0 Å². The lowest BCUT2D eigenvalue weighted by atomic mass is 10.2. The molecule has 0 aliphatic rings. The molecule has 4 aromatic rings. The van der Waals surface area contributed by atoms with Gasteiger partial charge in [-0.25, -0.2) is 28.9 Å². The molecule has 0 unspecified atom stereocenters. The number of ether oxygens (including phenoxy) is 1. The molecule has 2 N–H and O–H groups in total. The highest BCUT2D eigenvalue weighted by atomic mass is 35.5. The van der Waals surface area contributed by atoms with E-state index in [1.807, 2.05) is 0 Å². The van der Waals surface area contributed by atoms with Gasteiger partial charge in [0.05, 0.1) is 12.2 Å². The molecule has 0 saturated heterocycles. The number of pyridine rings is 1. The topological polar surface area (TPSA) is 132 Å². The van der Waals surface area contributed by atoms with Gasteiger partial charge >= 0.3 is 17.3 Å². The number of hydrogen-bond donors (Lipinski definition) is 2. The number of carboxylic acid groups (broad SMARTS) is 1. The van der Waals surface area contributed by atoms with Crippen LogP contribution >= 0.6 is 11.6 Å². The van der Waals surface area contributed by atoms with Crippen molar-refractivity contribution in [3.8, 4) is 11.6 Å². The van der Waals surface area contributed by atoms with Gasteiger partial charge in [-0.3, -0.25) is 9.55 Å². The van der Waals surface area contributed by atoms with Crippen molar-refractivity contribution < 1.29 is 14.6 Å². The number of aryl methyl sites for hydroxylation is 1. The molecule has 0 aliphatic heterocycles. The minimum atomic E-state index is -1.16. The Balaban J connectivity index is 1.75. The Hall–Kier alpha value is -4.44. The molecule has 190 valence electrons. The number of halogens is 1. The Bertz CT molecular complexity index is 1650. The van der Waals surface area contributed by atoms with E-state index >= 15 is 0 Å². The van der Waals surface area contributed by atoms with Crippen LogP contribution in [0.15, 0.2) is 75.2 Å². The number of carbonyl (C=O) groups is 1. The maximum Gasteiger partial charge on any atom is 0.354 e. The van der Waals surface area contributed by atoms with E-state index in [1.165, 1.54) is 10.6 Å². The Morgan fingerprint density at radius 3 is 2.51 bits per heavy atom. The molecule has 37 heavy (non-hydrogen) atoms. The number of H-pyrrole nitrogens is 1. The van der Waals surface area contributed by atoms with Crippen molar-refractivity contribution >= 4 is 23.3 Å². The fourth-order valence-electron chi connectivity index (χ4n) is 3.63. The lowest BCUT2D eigenvalue weighted by molar-refractivity contribution is 0.0689. The quantitative estimate of drug-likeness (QED) is 0.377. The molecule has 11 heteroatoms. The standard InChI is InChI=1S/C26H24ClN5O5/c1-15(2)32-25(35)30-24(31(26(32)36)14-17-7-9-18(27)10-8-17)28-19-11-12-21(16(3)13-19)37-22-6-4-5-20(29-22)23(33)34/h4-13,15H,14H2,1-3H3,(H,33,34)(H,28,30,35). The molecule has 2 aromatic heterocycles. The van der Waals surface area contributed by atoms with Gasteiger partial charge in [0.1, 0.15) is 5.75 Å². The third-order valence-corrected chi connectivity index (χ3v) is 5.70. The summed E-state index contributed by atoms with van der Waals surface area (Å²) in [5.41, 5.74) is 0.866. The summed E-state index contributed by atoms with van der Waals surface area (Å²) in [6.07, 6.45) is 0. The highest BCUT2D eigenvalue weighted by Crippen LogP contribution is 2.27. The largest absolute Gasteiger partial charge is 0.477 e. The minimum absolute atomic E-state index is 0.0887. The van der Waals surface area contributed by atoms with Gasteiger partial charge in [0, 0.05) is 17.1 Å². The number of rotatable bonds is 7. The highest BCUT2D eigenvalue weighted by molar-refractivity contribution is 6.30. The summed E-state index contributed by atoms with van der Waals surface area (Å²) >= 11 is 5.99. The number of nitrogens with zero attached hydrogens (tertiary/aromatic N) is 4. The molecule has 2 heterocycles. The van der Waals surface area contributed by atoms with Gasteiger partial charge in [0.2, 0.25) is 11.5 Å². The van der Waals surface area contributed by atoms with E-state index in [4.69, 9.17) is 21.4 Å². The van der Waals surface area contributed by atoms with E-state index in [0.29, 0.717) is 22.0 Å². The second kappa shape index (κ2) is 10.7. The predicted molar refractivity (Wildman–Crippen MR) is 138 cm³/mol. The van der Waals surface area contributed by atoms with Crippen LogP contribution in [0.2, 0.25) is 5.02 Å². The number of benzene rings is 2. The van der Waals surface area contributed by atoms with Crippen molar-refractivity contribution in [2.45, 2.75) is 33.4 Å². The number of aromatic nitrogens is 4. The Morgan fingerprint density at radius 2 is 1.86 bits per heavy atom. The van der Waals surface area contributed by atoms with E-state index in [9.17, 15) is 14.4 Å². The summed E-state index contributed by atoms with van der Waals surface area (Å²) in [6, 6.07) is 16.2. The molecule has 10 nitrogen and oxygen atoms in total. The molecule has 4 rings (SSSR count). The van der Waals surface area contributed by atoms with Crippen LogP contribution in [0.1, 0.15) is 41.5 Å². The van der Waals surface area contributed by atoms with Gasteiger partial charge < -0.3 is 9.84 Å². The van der Waals surface area contributed by atoms with E-state index in [1.54, 1.807) is 75.4 Å². The molecule has 0 spiro atoms. The summed E-state index contributed by atoms with van der Waals surface area (Å²) in [7, 11) is 0. The van der Waals surface area contributed by atoms with Crippen molar-refractivity contribution in [1.29, 1.82) is 0 Å². The molecule has 0 atom stereocenters. The molecule has 2 aromatic carbocycles. The molecule has 0 bridgehead atoms. The fourth-order valence-corrected chi connectivity index (χ4v) is 3.76. The van der Waals surface area contributed by atoms with Crippen LogP contribution in [0.3, 0.4) is 0 Å². The van der Waals surface area contributed by atoms with Crippen molar-refractivity contribution in [2.75, 3.05) is 0 Å². The fraction of sp³-hybridized carbons (Fsp3) is 0.192. The van der Waals surface area contributed by atoms with Gasteiger partial charge in [0.15, 0.2) is 5.69 Å². The van der Waals surface area contributed by atoms with Crippen molar-refractivity contribution in [2.24, 2.45) is 4.99 Å². The molecular formula is C26H24ClN5O5. The average molecular weight is 522 g/mol. The van der Waals surface area contributed by atoms with Crippen LogP contribution < -0.4 is 21.7 Å². The average Bonchev–Trinajstić information content (AvgIpc) is 2.84. The lowest BCUT2D eigenvalue weighted by Crippen LogP contribution is -2.50. The Kier molecular flexibility index (Phi) is 7.40. The lowest BCUT2D eigenvalue weighted by Gasteiger charge is -2.13. The first-order chi connectivity index (χ1) is 17.6. The smallest absolute Gasteiger partial charge is 0.354 e. The van der Waals surface area contributed by atoms with Gasteiger partial charge in [-0.1, -0.05) is 29.8 Å². The van der Waals surface area contributed by atoms with E-state index in [2.05, 4.69) is 15.0 Å². The number of hydrogen-bond acceptors (Lipinski definition) is 6. The summed E-state index contributed by atoms with van der Waals surface area (Å²) in [5.74, 6) is -0.571. The SMILES string of the molecule is Cc1cc(/N=c2\[nH]c(=O)n(C(C)C)c(=O)n2Cc2ccc(Cl)cc2)ccc1Oc1cccc(C(=O)O)n1. The Morgan fingerprint density at radius 1 is 1.14 bits per heavy atom. The summed E-state index contributed by atoms with van der Waals surface area (Å²) in [5, 5.41) is 9.70. The van der Waals surface area contributed by atoms with Crippen molar-refractivity contribution in [1.82, 2.24) is 19.1 Å². The highest BCUT2D eigenvalue weighted by Gasteiger charge is 2.13. The van der Waals surface area contributed by atoms with Crippen molar-refractivity contribution in [3.05, 3.63) is 109 Å². The first-order valence-electron chi connectivity index (χ1n) is 11.4. The molecule has 0 saturated carbocycles. The van der Waals surface area contributed by atoms with Crippen LogP contribution in [0.25, 0.3) is 0 Å². The third-order valence-electron chi connectivity index (χ3n) is 5.45. The zero-order chi connectivity index (χ0) is 26.7. The summed E-state index contributed by atoms with van der Waals surface area (Å²) < 4.78 is 8.28. The van der Waals surface area contributed by atoms with Crippen molar-refractivity contribution in [3.63, 3.8) is 0 Å². The molecule has 0 aliphatic carbocycles. The maximum absolute atomic E-state index is 13.3. The van der Waals surface area contributed by atoms with Gasteiger partial charge in [0.25, 0.3) is 0 Å². The number of aromatic amines is 1. The van der Waals surface area contributed by atoms with Crippen LogP contribution in [0, 0.1) is 6.92 Å². The second-order valence-corrected chi connectivity index (χ2v) is 8.98. The summed E-state index contributed by atoms with van der Waals surface area (Å²) in [4.78, 5) is 48.3. The van der Waals surface area contributed by atoms with Gasteiger partial charge in [-0.05, 0) is 68.3 Å². The normalized spacial score (nSPS) is 11.6. The van der Waals surface area contributed by atoms with Crippen LogP contribution in [0.4, 0.5) is 5.69 Å². The molecule has 0 amide bonds. The number of nitrogens with one attached hydrogen (secondary N) is 1. The van der Waals surface area contributed by atoms with Crippen LogP contribution in [-0.4, -0.2) is 30.2 Å². The summed E-state index contributed by atoms with van der Waals surface area (Å²) in [6.45, 7) is 5.47.